The molecule has 2 nitrogen and oxygen atoms in total. The van der Waals surface area contributed by atoms with Crippen molar-refractivity contribution in [1.82, 2.24) is 0 Å². The molecule has 0 bridgehead atoms. The molecule has 2 rings (SSSR count). The summed E-state index contributed by atoms with van der Waals surface area (Å²) in [4.78, 5) is 0. The number of hydrogen-bond acceptors (Lipinski definition) is 2. The van der Waals surface area contributed by atoms with Gasteiger partial charge in [-0.2, -0.15) is 0 Å². The van der Waals surface area contributed by atoms with Crippen molar-refractivity contribution in [2.75, 3.05) is 11.9 Å². The second-order valence-electron chi connectivity index (χ2n) is 5.41. The Bertz CT molecular complexity index is 536. The molecule has 0 aliphatic heterocycles. The van der Waals surface area contributed by atoms with Gasteiger partial charge in [0.15, 0.2) is 0 Å². The van der Waals surface area contributed by atoms with E-state index in [1.54, 1.807) is 12.1 Å². The predicted molar refractivity (Wildman–Crippen MR) is 89.8 cm³/mol. The summed E-state index contributed by atoms with van der Waals surface area (Å²) < 4.78 is 18.5. The molecule has 0 aliphatic rings. The highest BCUT2D eigenvalue weighted by molar-refractivity contribution is 5.43. The van der Waals surface area contributed by atoms with Crippen molar-refractivity contribution in [2.24, 2.45) is 0 Å². The van der Waals surface area contributed by atoms with Crippen LogP contribution in [0.2, 0.25) is 0 Å². The fraction of sp³-hybridized carbons (Fsp3) is 0.368. The molecule has 0 aromatic heterocycles. The van der Waals surface area contributed by atoms with Gasteiger partial charge in [0.05, 0.1) is 6.61 Å². The molecule has 0 amide bonds. The number of nitrogens with one attached hydrogen (secondary N) is 1. The van der Waals surface area contributed by atoms with Gasteiger partial charge in [0, 0.05) is 12.2 Å². The molecule has 2 aromatic carbocycles. The van der Waals surface area contributed by atoms with Gasteiger partial charge in [-0.3, -0.25) is 0 Å². The number of anilines is 1. The number of halogens is 1. The lowest BCUT2D eigenvalue weighted by molar-refractivity contribution is 0.305. The summed E-state index contributed by atoms with van der Waals surface area (Å²) in [6, 6.07) is 14.5. The van der Waals surface area contributed by atoms with E-state index in [9.17, 15) is 4.39 Å². The highest BCUT2D eigenvalue weighted by Gasteiger charge is 1.97. The summed E-state index contributed by atoms with van der Waals surface area (Å²) in [5, 5.41) is 3.27. The van der Waals surface area contributed by atoms with E-state index >= 15 is 0 Å². The second-order valence-corrected chi connectivity index (χ2v) is 5.41. The van der Waals surface area contributed by atoms with Crippen LogP contribution in [0.4, 0.5) is 10.1 Å². The van der Waals surface area contributed by atoms with Gasteiger partial charge in [0.2, 0.25) is 0 Å². The van der Waals surface area contributed by atoms with Crippen molar-refractivity contribution in [3.05, 3.63) is 59.9 Å². The Morgan fingerprint density at radius 1 is 0.909 bits per heavy atom. The van der Waals surface area contributed by atoms with Gasteiger partial charge < -0.3 is 10.1 Å². The molecule has 3 heteroatoms. The van der Waals surface area contributed by atoms with Crippen molar-refractivity contribution in [1.29, 1.82) is 0 Å². The average Bonchev–Trinajstić information content (AvgIpc) is 2.55. The second kappa shape index (κ2) is 9.08. The van der Waals surface area contributed by atoms with Crippen LogP contribution in [0.1, 0.15) is 38.2 Å². The lowest BCUT2D eigenvalue weighted by Gasteiger charge is -2.09. The molecule has 0 saturated heterocycles. The maximum Gasteiger partial charge on any atom is 0.123 e. The Kier molecular flexibility index (Phi) is 6.75. The quantitative estimate of drug-likeness (QED) is 0.626. The zero-order chi connectivity index (χ0) is 15.6. The number of benzene rings is 2. The minimum absolute atomic E-state index is 0.217. The van der Waals surface area contributed by atoms with Gasteiger partial charge in [-0.05, 0) is 48.4 Å². The van der Waals surface area contributed by atoms with Crippen LogP contribution in [0.5, 0.6) is 5.75 Å². The molecule has 0 spiro atoms. The maximum absolute atomic E-state index is 12.8. The third-order valence-corrected chi connectivity index (χ3v) is 3.53. The average molecular weight is 301 g/mol. The number of rotatable bonds is 9. The van der Waals surface area contributed by atoms with E-state index in [1.165, 1.54) is 37.0 Å². The molecule has 2 aromatic rings. The van der Waals surface area contributed by atoms with Gasteiger partial charge in [-0.25, -0.2) is 4.39 Å². The Morgan fingerprint density at radius 3 is 2.32 bits per heavy atom. The van der Waals surface area contributed by atoms with E-state index in [2.05, 4.69) is 24.4 Å². The Morgan fingerprint density at radius 2 is 1.64 bits per heavy atom. The Labute approximate surface area is 132 Å². The van der Waals surface area contributed by atoms with Crippen LogP contribution in [-0.4, -0.2) is 6.61 Å². The molecule has 0 unspecified atom stereocenters. The molecule has 0 atom stereocenters. The summed E-state index contributed by atoms with van der Waals surface area (Å²) in [5.74, 6) is 0.702. The Balaban J connectivity index is 1.73. The third kappa shape index (κ3) is 5.76. The van der Waals surface area contributed by atoms with E-state index < -0.39 is 0 Å². The number of unbranched alkanes of at least 4 members (excludes halogenated alkanes) is 3. The van der Waals surface area contributed by atoms with Crippen LogP contribution in [0.15, 0.2) is 48.5 Å². The predicted octanol–water partition coefficient (Wildman–Crippen LogP) is 5.40. The third-order valence-electron chi connectivity index (χ3n) is 3.53. The number of hydrogen-bond donors (Lipinski definition) is 1. The van der Waals surface area contributed by atoms with Crippen LogP contribution in [-0.2, 0) is 6.54 Å². The fourth-order valence-corrected chi connectivity index (χ4v) is 2.19. The summed E-state index contributed by atoms with van der Waals surface area (Å²) in [6.45, 7) is 3.70. The van der Waals surface area contributed by atoms with Crippen molar-refractivity contribution >= 4 is 5.69 Å². The summed E-state index contributed by atoms with van der Waals surface area (Å²) in [7, 11) is 0. The monoisotopic (exact) mass is 301 g/mol. The highest BCUT2D eigenvalue weighted by atomic mass is 19.1. The summed E-state index contributed by atoms with van der Waals surface area (Å²) in [5.41, 5.74) is 2.08. The fourth-order valence-electron chi connectivity index (χ4n) is 2.19. The Hall–Kier alpha value is -2.03. The SMILES string of the molecule is CCCCCCOc1ccc(CNc2ccc(F)cc2)cc1. The van der Waals surface area contributed by atoms with Crippen LogP contribution in [0, 0.1) is 5.82 Å². The smallest absolute Gasteiger partial charge is 0.123 e. The minimum atomic E-state index is -0.217. The van der Waals surface area contributed by atoms with Gasteiger partial charge in [0.1, 0.15) is 11.6 Å². The van der Waals surface area contributed by atoms with E-state index in [0.717, 1.165) is 24.5 Å². The van der Waals surface area contributed by atoms with Gasteiger partial charge in [-0.1, -0.05) is 38.3 Å². The molecule has 22 heavy (non-hydrogen) atoms. The van der Waals surface area contributed by atoms with E-state index in [1.807, 2.05) is 12.1 Å². The van der Waals surface area contributed by atoms with Gasteiger partial charge >= 0.3 is 0 Å². The zero-order valence-electron chi connectivity index (χ0n) is 13.1. The molecule has 118 valence electrons. The van der Waals surface area contributed by atoms with Crippen molar-refractivity contribution in [3.8, 4) is 5.75 Å². The molecule has 0 heterocycles. The van der Waals surface area contributed by atoms with Crippen LogP contribution in [0.25, 0.3) is 0 Å². The summed E-state index contributed by atoms with van der Waals surface area (Å²) >= 11 is 0. The van der Waals surface area contributed by atoms with Crippen LogP contribution >= 0.6 is 0 Å². The largest absolute Gasteiger partial charge is 0.494 e. The van der Waals surface area contributed by atoms with Crippen molar-refractivity contribution in [2.45, 2.75) is 39.2 Å². The van der Waals surface area contributed by atoms with Crippen LogP contribution in [0.3, 0.4) is 0 Å². The maximum atomic E-state index is 12.8. The van der Waals surface area contributed by atoms with E-state index in [4.69, 9.17) is 4.74 Å². The van der Waals surface area contributed by atoms with Crippen molar-refractivity contribution in [3.63, 3.8) is 0 Å². The first-order valence-corrected chi connectivity index (χ1v) is 7.99. The lowest BCUT2D eigenvalue weighted by Crippen LogP contribution is -2.00. The molecular formula is C19H24FNO. The molecule has 0 fully saturated rings. The van der Waals surface area contributed by atoms with Gasteiger partial charge in [0.25, 0.3) is 0 Å². The summed E-state index contributed by atoms with van der Waals surface area (Å²) in [6.07, 6.45) is 4.87. The topological polar surface area (TPSA) is 21.3 Å². The van der Waals surface area contributed by atoms with E-state index in [0.29, 0.717) is 6.54 Å². The first kappa shape index (κ1) is 16.3. The first-order valence-electron chi connectivity index (χ1n) is 7.99. The molecule has 0 radical (unpaired) electrons. The standard InChI is InChI=1S/C19H24FNO/c1-2-3-4-5-14-22-19-12-6-16(7-13-19)15-21-18-10-8-17(20)9-11-18/h6-13,21H,2-5,14-15H2,1H3. The molecule has 0 saturated carbocycles. The molecule has 0 aliphatic carbocycles. The molecular weight excluding hydrogens is 277 g/mol. The van der Waals surface area contributed by atoms with Crippen LogP contribution < -0.4 is 10.1 Å². The lowest BCUT2D eigenvalue weighted by atomic mass is 10.2. The van der Waals surface area contributed by atoms with E-state index in [-0.39, 0.29) is 5.82 Å². The normalized spacial score (nSPS) is 10.5. The van der Waals surface area contributed by atoms with Gasteiger partial charge in [-0.15, -0.1) is 0 Å². The molecule has 1 N–H and O–H groups in total. The minimum Gasteiger partial charge on any atom is -0.494 e. The zero-order valence-corrected chi connectivity index (χ0v) is 13.1. The van der Waals surface area contributed by atoms with Crippen molar-refractivity contribution < 1.29 is 9.13 Å². The number of ether oxygens (including phenoxy) is 1. The first-order chi connectivity index (χ1) is 10.8. The highest BCUT2D eigenvalue weighted by Crippen LogP contribution is 2.15.